The Balaban J connectivity index is 1.40. The van der Waals surface area contributed by atoms with E-state index in [0.717, 1.165) is 76.9 Å². The Labute approximate surface area is 244 Å². The number of nitrogens with zero attached hydrogens (tertiary/aromatic N) is 3. The maximum absolute atomic E-state index is 6.52. The number of benzene rings is 6. The Morgan fingerprint density at radius 2 is 1.16 bits per heavy atom. The molecule has 5 nitrogen and oxygen atoms in total. The van der Waals surface area contributed by atoms with E-state index in [-0.39, 0.29) is 0 Å². The van der Waals surface area contributed by atoms with Gasteiger partial charge >= 0.3 is 0 Å². The smallest absolute Gasteiger partial charge is 0.248 e. The first kappa shape index (κ1) is 22.7. The lowest BCUT2D eigenvalue weighted by Gasteiger charge is -2.13. The van der Waals surface area contributed by atoms with Gasteiger partial charge in [0.15, 0.2) is 5.82 Å². The highest BCUT2D eigenvalue weighted by Gasteiger charge is 2.24. The minimum atomic E-state index is 0.503. The van der Waals surface area contributed by atoms with Crippen LogP contribution in [0.1, 0.15) is 0 Å². The van der Waals surface area contributed by atoms with Crippen molar-refractivity contribution < 1.29 is 8.83 Å². The van der Waals surface area contributed by atoms with Gasteiger partial charge in [-0.3, -0.25) is 4.57 Å². The van der Waals surface area contributed by atoms with Crippen LogP contribution in [0.3, 0.4) is 0 Å². The van der Waals surface area contributed by atoms with Gasteiger partial charge in [0.25, 0.3) is 0 Å². The first-order chi connectivity index (χ1) is 21.3. The zero-order chi connectivity index (χ0) is 28.1. The van der Waals surface area contributed by atoms with E-state index in [0.29, 0.717) is 11.5 Å². The molecular weight excluding hydrogens is 530 g/mol. The molecule has 10 rings (SSSR count). The summed E-state index contributed by atoms with van der Waals surface area (Å²) in [5.41, 5.74) is 7.36. The van der Waals surface area contributed by atoms with E-state index >= 15 is 0 Å². The molecule has 0 unspecified atom stereocenters. The van der Waals surface area contributed by atoms with E-state index in [1.54, 1.807) is 0 Å². The highest BCUT2D eigenvalue weighted by Crippen LogP contribution is 2.41. The second kappa shape index (κ2) is 8.30. The van der Waals surface area contributed by atoms with Gasteiger partial charge in [0.05, 0.1) is 11.0 Å². The molecule has 0 aliphatic carbocycles. The molecule has 0 atom stereocenters. The summed E-state index contributed by atoms with van der Waals surface area (Å²) in [5.74, 6) is 0.695. The molecule has 0 amide bonds. The zero-order valence-electron chi connectivity index (χ0n) is 22.8. The SMILES string of the molecule is c1ccc2cc3c(cc2c1)c1ccccc1n3-c1nc2oc3ccccc3c2nc1-c1cccc2c1oc1ccccc12. The summed E-state index contributed by atoms with van der Waals surface area (Å²) in [4.78, 5) is 10.6. The molecule has 0 aliphatic heterocycles. The van der Waals surface area contributed by atoms with Gasteiger partial charge in [-0.25, -0.2) is 4.98 Å². The lowest BCUT2D eigenvalue weighted by molar-refractivity contribution is 0.651. The molecule has 0 saturated carbocycles. The fourth-order valence-corrected chi connectivity index (χ4v) is 6.67. The van der Waals surface area contributed by atoms with Crippen molar-refractivity contribution in [2.75, 3.05) is 0 Å². The molecular formula is C38H21N3O2. The van der Waals surface area contributed by atoms with Crippen LogP contribution in [0.2, 0.25) is 0 Å². The molecule has 200 valence electrons. The molecule has 4 aromatic heterocycles. The first-order valence-corrected chi connectivity index (χ1v) is 14.3. The minimum Gasteiger partial charge on any atom is -0.455 e. The summed E-state index contributed by atoms with van der Waals surface area (Å²) in [6.07, 6.45) is 0. The monoisotopic (exact) mass is 551 g/mol. The number of hydrogen-bond donors (Lipinski definition) is 0. The highest BCUT2D eigenvalue weighted by atomic mass is 16.3. The van der Waals surface area contributed by atoms with Crippen molar-refractivity contribution in [1.29, 1.82) is 0 Å². The van der Waals surface area contributed by atoms with E-state index < -0.39 is 0 Å². The van der Waals surface area contributed by atoms with Gasteiger partial charge in [-0.05, 0) is 53.2 Å². The van der Waals surface area contributed by atoms with Crippen molar-refractivity contribution in [3.63, 3.8) is 0 Å². The van der Waals surface area contributed by atoms with E-state index in [2.05, 4.69) is 89.5 Å². The van der Waals surface area contributed by atoms with Gasteiger partial charge in [0, 0.05) is 32.5 Å². The molecule has 0 saturated heterocycles. The van der Waals surface area contributed by atoms with Crippen molar-refractivity contribution in [3.05, 3.63) is 127 Å². The summed E-state index contributed by atoms with van der Waals surface area (Å²) in [6, 6.07) is 43.9. The highest BCUT2D eigenvalue weighted by molar-refractivity contribution is 6.15. The summed E-state index contributed by atoms with van der Waals surface area (Å²) in [5, 5.41) is 7.74. The molecule has 6 aromatic carbocycles. The maximum Gasteiger partial charge on any atom is 0.248 e. The van der Waals surface area contributed by atoms with Crippen LogP contribution in [0.5, 0.6) is 0 Å². The van der Waals surface area contributed by atoms with Gasteiger partial charge in [-0.15, -0.1) is 0 Å². The van der Waals surface area contributed by atoms with E-state index in [9.17, 15) is 0 Å². The Bertz CT molecular complexity index is 2750. The van der Waals surface area contributed by atoms with Crippen molar-refractivity contribution in [3.8, 4) is 17.1 Å². The normalized spacial score (nSPS) is 12.2. The average Bonchev–Trinajstić information content (AvgIpc) is 3.72. The van der Waals surface area contributed by atoms with Gasteiger partial charge in [0.1, 0.15) is 28.0 Å². The Morgan fingerprint density at radius 1 is 0.488 bits per heavy atom. The van der Waals surface area contributed by atoms with E-state index in [1.165, 1.54) is 5.39 Å². The minimum absolute atomic E-state index is 0.503. The molecule has 43 heavy (non-hydrogen) atoms. The predicted molar refractivity (Wildman–Crippen MR) is 174 cm³/mol. The molecule has 0 aliphatic rings. The topological polar surface area (TPSA) is 57.0 Å². The first-order valence-electron chi connectivity index (χ1n) is 14.3. The zero-order valence-corrected chi connectivity index (χ0v) is 22.8. The lowest BCUT2D eigenvalue weighted by Crippen LogP contribution is -2.03. The van der Waals surface area contributed by atoms with Gasteiger partial charge < -0.3 is 8.83 Å². The second-order valence-electron chi connectivity index (χ2n) is 11.0. The largest absolute Gasteiger partial charge is 0.455 e. The third-order valence-electron chi connectivity index (χ3n) is 8.61. The van der Waals surface area contributed by atoms with E-state index in [4.69, 9.17) is 18.8 Å². The molecule has 0 spiro atoms. The predicted octanol–water partition coefficient (Wildman–Crippen LogP) is 10.2. The standard InChI is InChI=1S/C38H21N3O2/c1-2-11-23-21-31-29(20-22(23)10-1)24-12-3-6-17-30(24)41(31)37-34(39-35-27-14-5-8-19-33(27)43-38(35)40-37)28-16-9-15-26-25-13-4-7-18-32(25)42-36(26)28/h1-21H. The second-order valence-corrected chi connectivity index (χ2v) is 11.0. The number of hydrogen-bond acceptors (Lipinski definition) is 4. The number of aromatic nitrogens is 3. The molecule has 0 bridgehead atoms. The van der Waals surface area contributed by atoms with Gasteiger partial charge in [0.2, 0.25) is 5.71 Å². The fourth-order valence-electron chi connectivity index (χ4n) is 6.67. The molecule has 4 heterocycles. The van der Waals surface area contributed by atoms with Crippen LogP contribution in [0.4, 0.5) is 0 Å². The Morgan fingerprint density at radius 3 is 2.02 bits per heavy atom. The van der Waals surface area contributed by atoms with Crippen LogP contribution < -0.4 is 0 Å². The summed E-state index contributed by atoms with van der Waals surface area (Å²) in [7, 11) is 0. The van der Waals surface area contributed by atoms with Crippen molar-refractivity contribution in [2.24, 2.45) is 0 Å². The Hall–Kier alpha value is -5.94. The van der Waals surface area contributed by atoms with Crippen LogP contribution in [0.25, 0.3) is 93.8 Å². The summed E-state index contributed by atoms with van der Waals surface area (Å²) >= 11 is 0. The van der Waals surface area contributed by atoms with Crippen LogP contribution in [0.15, 0.2) is 136 Å². The molecule has 5 heteroatoms. The van der Waals surface area contributed by atoms with Crippen LogP contribution in [-0.2, 0) is 0 Å². The van der Waals surface area contributed by atoms with Crippen LogP contribution >= 0.6 is 0 Å². The molecule has 0 radical (unpaired) electrons. The van der Waals surface area contributed by atoms with Crippen molar-refractivity contribution in [1.82, 2.24) is 14.5 Å². The third kappa shape index (κ3) is 3.11. The fraction of sp³-hybridized carbons (Fsp3) is 0. The summed E-state index contributed by atoms with van der Waals surface area (Å²) in [6.45, 7) is 0. The maximum atomic E-state index is 6.52. The molecule has 0 fully saturated rings. The number of furan rings is 2. The molecule has 0 N–H and O–H groups in total. The van der Waals surface area contributed by atoms with Crippen LogP contribution in [0, 0.1) is 0 Å². The third-order valence-corrected chi connectivity index (χ3v) is 8.61. The average molecular weight is 552 g/mol. The van der Waals surface area contributed by atoms with Crippen molar-refractivity contribution in [2.45, 2.75) is 0 Å². The number of fused-ring (bicyclic) bond motifs is 10. The molecule has 10 aromatic rings. The van der Waals surface area contributed by atoms with E-state index in [1.807, 2.05) is 42.5 Å². The van der Waals surface area contributed by atoms with Gasteiger partial charge in [-0.2, -0.15) is 4.98 Å². The van der Waals surface area contributed by atoms with Crippen LogP contribution in [-0.4, -0.2) is 14.5 Å². The number of para-hydroxylation sites is 4. The number of rotatable bonds is 2. The lowest BCUT2D eigenvalue weighted by atomic mass is 10.1. The van der Waals surface area contributed by atoms with Gasteiger partial charge in [-0.1, -0.05) is 84.9 Å². The van der Waals surface area contributed by atoms with Crippen molar-refractivity contribution >= 4 is 76.7 Å². The Kier molecular flexibility index (Phi) is 4.39. The quantitative estimate of drug-likeness (QED) is 0.214. The summed E-state index contributed by atoms with van der Waals surface area (Å²) < 4.78 is 15.1.